The molecule has 1 amide bonds. The lowest BCUT2D eigenvalue weighted by molar-refractivity contribution is -0.113. The molecule has 0 radical (unpaired) electrons. The van der Waals surface area contributed by atoms with Crippen LogP contribution in [0.15, 0.2) is 0 Å². The van der Waals surface area contributed by atoms with Crippen molar-refractivity contribution in [2.45, 2.75) is 26.0 Å². The Kier molecular flexibility index (Phi) is 2.12. The van der Waals surface area contributed by atoms with Crippen molar-refractivity contribution in [2.24, 2.45) is 0 Å². The van der Waals surface area contributed by atoms with Gasteiger partial charge in [0.25, 0.3) is 0 Å². The van der Waals surface area contributed by atoms with Crippen LogP contribution in [0.25, 0.3) is 0 Å². The third-order valence-corrected chi connectivity index (χ3v) is 1.64. The van der Waals surface area contributed by atoms with Crippen molar-refractivity contribution in [3.63, 3.8) is 0 Å². The zero-order valence-electron chi connectivity index (χ0n) is 6.61. The summed E-state index contributed by atoms with van der Waals surface area (Å²) < 4.78 is 4.70. The summed E-state index contributed by atoms with van der Waals surface area (Å²) in [5.41, 5.74) is 0. The van der Waals surface area contributed by atoms with E-state index in [0.29, 0.717) is 12.8 Å². The van der Waals surface area contributed by atoms with Crippen molar-refractivity contribution in [2.75, 3.05) is 6.54 Å². The van der Waals surface area contributed by atoms with E-state index in [1.807, 2.05) is 13.8 Å². The number of hydrogen-bond acceptors (Lipinski definition) is 3. The second kappa shape index (κ2) is 2.90. The van der Waals surface area contributed by atoms with E-state index in [9.17, 15) is 9.59 Å². The number of carbonyl (C=O) groups excluding carboxylic acids is 2. The monoisotopic (exact) mass is 157 g/mol. The van der Waals surface area contributed by atoms with Crippen LogP contribution in [0, 0.1) is 0 Å². The summed E-state index contributed by atoms with van der Waals surface area (Å²) >= 11 is 0. The zero-order chi connectivity index (χ0) is 8.43. The van der Waals surface area contributed by atoms with Crippen molar-refractivity contribution in [3.8, 4) is 0 Å². The third kappa shape index (κ3) is 1.50. The van der Waals surface area contributed by atoms with Gasteiger partial charge in [-0.2, -0.15) is 0 Å². The van der Waals surface area contributed by atoms with E-state index in [1.54, 1.807) is 0 Å². The van der Waals surface area contributed by atoms with Crippen LogP contribution in [-0.4, -0.2) is 36.0 Å². The van der Waals surface area contributed by atoms with Gasteiger partial charge in [0.1, 0.15) is 0 Å². The molecule has 1 rings (SSSR count). The molecule has 1 saturated heterocycles. The minimum atomic E-state index is -0.565. The molecular formula is C7H11NO3. The largest absolute Gasteiger partial charge is 0.436 e. The van der Waals surface area contributed by atoms with Crippen LogP contribution in [0.1, 0.15) is 13.8 Å². The minimum Gasteiger partial charge on any atom is -0.436 e. The second-order valence-electron chi connectivity index (χ2n) is 2.80. The molecule has 0 aliphatic carbocycles. The molecule has 1 unspecified atom stereocenters. The van der Waals surface area contributed by atoms with E-state index in [2.05, 4.69) is 0 Å². The summed E-state index contributed by atoms with van der Waals surface area (Å²) in [5, 5.41) is 0. The fourth-order valence-corrected chi connectivity index (χ4v) is 0.995. The highest BCUT2D eigenvalue weighted by Gasteiger charge is 2.32. The Morgan fingerprint density at radius 3 is 2.64 bits per heavy atom. The maximum absolute atomic E-state index is 10.9. The Morgan fingerprint density at radius 2 is 2.36 bits per heavy atom. The van der Waals surface area contributed by atoms with Gasteiger partial charge in [-0.1, -0.05) is 0 Å². The summed E-state index contributed by atoms with van der Waals surface area (Å²) in [7, 11) is 0. The Morgan fingerprint density at radius 1 is 1.73 bits per heavy atom. The first-order chi connectivity index (χ1) is 5.15. The zero-order valence-corrected chi connectivity index (χ0v) is 6.61. The van der Waals surface area contributed by atoms with Crippen molar-refractivity contribution < 1.29 is 14.3 Å². The Bertz CT molecular complexity index is 179. The molecule has 0 aromatic rings. The van der Waals surface area contributed by atoms with E-state index < -0.39 is 12.2 Å². The number of rotatable bonds is 2. The van der Waals surface area contributed by atoms with Gasteiger partial charge in [-0.3, -0.25) is 4.79 Å². The molecule has 1 heterocycles. The molecule has 4 nitrogen and oxygen atoms in total. The van der Waals surface area contributed by atoms with Crippen molar-refractivity contribution in [3.05, 3.63) is 0 Å². The van der Waals surface area contributed by atoms with Crippen molar-refractivity contribution in [1.82, 2.24) is 4.90 Å². The van der Waals surface area contributed by atoms with E-state index in [4.69, 9.17) is 4.74 Å². The number of nitrogens with zero attached hydrogens (tertiary/aromatic N) is 1. The molecule has 4 heteroatoms. The SMILES string of the molecule is CC(C)N1CC(C=O)OC1=O. The lowest BCUT2D eigenvalue weighted by Gasteiger charge is -2.16. The van der Waals surface area contributed by atoms with Crippen LogP contribution in [0.3, 0.4) is 0 Å². The molecule has 62 valence electrons. The molecule has 0 spiro atoms. The quantitative estimate of drug-likeness (QED) is 0.545. The topological polar surface area (TPSA) is 46.6 Å². The van der Waals surface area contributed by atoms with Crippen LogP contribution in [-0.2, 0) is 9.53 Å². The van der Waals surface area contributed by atoms with Gasteiger partial charge in [-0.05, 0) is 13.8 Å². The molecule has 1 atom stereocenters. The lowest BCUT2D eigenvalue weighted by Crippen LogP contribution is -2.32. The number of hydrogen-bond donors (Lipinski definition) is 0. The maximum Gasteiger partial charge on any atom is 0.410 e. The average molecular weight is 157 g/mol. The Hall–Kier alpha value is -1.06. The van der Waals surface area contributed by atoms with E-state index in [-0.39, 0.29) is 6.04 Å². The number of aldehydes is 1. The standard InChI is InChI=1S/C7H11NO3/c1-5(2)8-3-6(4-9)11-7(8)10/h4-6H,3H2,1-2H3. The van der Waals surface area contributed by atoms with E-state index >= 15 is 0 Å². The number of amides is 1. The molecule has 1 aliphatic rings. The van der Waals surface area contributed by atoms with Crippen LogP contribution in [0.5, 0.6) is 0 Å². The molecular weight excluding hydrogens is 146 g/mol. The first-order valence-electron chi connectivity index (χ1n) is 3.57. The normalized spacial score (nSPS) is 24.1. The highest BCUT2D eigenvalue weighted by atomic mass is 16.6. The van der Waals surface area contributed by atoms with Gasteiger partial charge < -0.3 is 9.64 Å². The van der Waals surface area contributed by atoms with E-state index in [0.717, 1.165) is 0 Å². The highest BCUT2D eigenvalue weighted by molar-refractivity contribution is 5.75. The second-order valence-corrected chi connectivity index (χ2v) is 2.80. The molecule has 0 bridgehead atoms. The first-order valence-corrected chi connectivity index (χ1v) is 3.57. The van der Waals surface area contributed by atoms with E-state index in [1.165, 1.54) is 4.90 Å². The highest BCUT2D eigenvalue weighted by Crippen LogP contribution is 2.12. The molecule has 1 aliphatic heterocycles. The van der Waals surface area contributed by atoms with Gasteiger partial charge >= 0.3 is 6.09 Å². The summed E-state index contributed by atoms with van der Waals surface area (Å²) in [6.07, 6.45) is -0.303. The maximum atomic E-state index is 10.9. The first kappa shape index (κ1) is 8.04. The van der Waals surface area contributed by atoms with Gasteiger partial charge in [-0.15, -0.1) is 0 Å². The predicted octanol–water partition coefficient (Wildman–Crippen LogP) is 0.415. The molecule has 11 heavy (non-hydrogen) atoms. The molecule has 0 aromatic carbocycles. The summed E-state index contributed by atoms with van der Waals surface area (Å²) in [4.78, 5) is 22.7. The van der Waals surface area contributed by atoms with Crippen molar-refractivity contribution >= 4 is 12.4 Å². The lowest BCUT2D eigenvalue weighted by atomic mass is 10.3. The molecule has 0 saturated carbocycles. The number of cyclic esters (lactones) is 1. The van der Waals surface area contributed by atoms with Gasteiger partial charge in [0, 0.05) is 6.04 Å². The number of ether oxygens (including phenoxy) is 1. The summed E-state index contributed by atoms with van der Waals surface area (Å²) in [6.45, 7) is 4.16. The van der Waals surface area contributed by atoms with Crippen LogP contribution in [0.4, 0.5) is 4.79 Å². The van der Waals surface area contributed by atoms with Crippen LogP contribution in [0.2, 0.25) is 0 Å². The Labute approximate surface area is 65.1 Å². The summed E-state index contributed by atoms with van der Waals surface area (Å²) in [5.74, 6) is 0. The van der Waals surface area contributed by atoms with Gasteiger partial charge in [0.05, 0.1) is 6.54 Å². The van der Waals surface area contributed by atoms with Crippen molar-refractivity contribution in [1.29, 1.82) is 0 Å². The summed E-state index contributed by atoms with van der Waals surface area (Å²) in [6, 6.07) is 0.104. The molecule has 0 aromatic heterocycles. The third-order valence-electron chi connectivity index (χ3n) is 1.64. The molecule has 0 N–H and O–H groups in total. The fourth-order valence-electron chi connectivity index (χ4n) is 0.995. The fraction of sp³-hybridized carbons (Fsp3) is 0.714. The molecule has 1 fully saturated rings. The average Bonchev–Trinajstić information content (AvgIpc) is 2.30. The van der Waals surface area contributed by atoms with Crippen LogP contribution < -0.4 is 0 Å². The van der Waals surface area contributed by atoms with Crippen LogP contribution >= 0.6 is 0 Å². The van der Waals surface area contributed by atoms with Gasteiger partial charge in [0.2, 0.25) is 0 Å². The predicted molar refractivity (Wildman–Crippen MR) is 38.2 cm³/mol. The smallest absolute Gasteiger partial charge is 0.410 e. The minimum absolute atomic E-state index is 0.104. The Balaban J connectivity index is 2.58. The van der Waals surface area contributed by atoms with Gasteiger partial charge in [-0.25, -0.2) is 4.79 Å². The number of carbonyl (C=O) groups is 2. The van der Waals surface area contributed by atoms with Gasteiger partial charge in [0.15, 0.2) is 12.4 Å².